The second kappa shape index (κ2) is 5.85. The van der Waals surface area contributed by atoms with Crippen molar-refractivity contribution >= 4 is 0 Å². The molecule has 0 saturated heterocycles. The Morgan fingerprint density at radius 1 is 1.21 bits per heavy atom. The molecule has 3 heteroatoms. The molecule has 0 unspecified atom stereocenters. The van der Waals surface area contributed by atoms with Gasteiger partial charge in [0.05, 0.1) is 5.69 Å². The van der Waals surface area contributed by atoms with Crippen LogP contribution >= 0.6 is 0 Å². The summed E-state index contributed by atoms with van der Waals surface area (Å²) in [5.74, 6) is 0.846. The molecule has 0 aliphatic carbocycles. The fourth-order valence-electron chi connectivity index (χ4n) is 1.97. The molecule has 0 amide bonds. The Morgan fingerprint density at radius 3 is 2.68 bits per heavy atom. The van der Waals surface area contributed by atoms with Crippen LogP contribution in [-0.2, 0) is 6.61 Å². The average molecular weight is 256 g/mol. The van der Waals surface area contributed by atoms with Crippen molar-refractivity contribution < 1.29 is 4.74 Å². The van der Waals surface area contributed by atoms with Crippen molar-refractivity contribution in [2.24, 2.45) is 5.73 Å². The number of aryl methyl sites for hydroxylation is 2. The lowest BCUT2D eigenvalue weighted by molar-refractivity contribution is 0.296. The maximum absolute atomic E-state index is 5.96. The fraction of sp³-hybridized carbons (Fsp3) is 0.312. The predicted octanol–water partition coefficient (Wildman–Crippen LogP) is 3.30. The molecule has 100 valence electrons. The first-order valence-corrected chi connectivity index (χ1v) is 6.47. The molecule has 0 spiro atoms. The summed E-state index contributed by atoms with van der Waals surface area (Å²) in [7, 11) is 0. The maximum atomic E-state index is 5.96. The van der Waals surface area contributed by atoms with E-state index in [4.69, 9.17) is 10.5 Å². The number of rotatable bonds is 4. The molecule has 0 saturated carbocycles. The van der Waals surface area contributed by atoms with Gasteiger partial charge in [-0.05, 0) is 44.5 Å². The molecular formula is C16H20N2O. The Labute approximate surface area is 114 Å². The van der Waals surface area contributed by atoms with Crippen molar-refractivity contribution in [3.63, 3.8) is 0 Å². The molecule has 0 bridgehead atoms. The number of aromatic nitrogens is 1. The number of nitrogens with two attached hydrogens (primary N) is 1. The zero-order chi connectivity index (χ0) is 13.8. The van der Waals surface area contributed by atoms with E-state index in [0.717, 1.165) is 28.3 Å². The zero-order valence-corrected chi connectivity index (χ0v) is 11.7. The van der Waals surface area contributed by atoms with Crippen LogP contribution in [0.2, 0.25) is 0 Å². The van der Waals surface area contributed by atoms with Gasteiger partial charge in [-0.25, -0.2) is 0 Å². The van der Waals surface area contributed by atoms with Crippen LogP contribution in [0.4, 0.5) is 0 Å². The quantitative estimate of drug-likeness (QED) is 0.913. The van der Waals surface area contributed by atoms with Crippen LogP contribution in [0.1, 0.15) is 35.5 Å². The van der Waals surface area contributed by atoms with Crippen LogP contribution in [0, 0.1) is 13.8 Å². The highest BCUT2D eigenvalue weighted by Gasteiger charge is 2.08. The SMILES string of the molecule is Cc1ccc([C@@H](C)N)c(OCc2cccc(C)n2)c1. The molecule has 2 aromatic rings. The second-order valence-electron chi connectivity index (χ2n) is 4.89. The van der Waals surface area contributed by atoms with Gasteiger partial charge in [0.25, 0.3) is 0 Å². The van der Waals surface area contributed by atoms with Crippen LogP contribution < -0.4 is 10.5 Å². The van der Waals surface area contributed by atoms with E-state index < -0.39 is 0 Å². The highest BCUT2D eigenvalue weighted by molar-refractivity contribution is 5.39. The number of pyridine rings is 1. The summed E-state index contributed by atoms with van der Waals surface area (Å²) in [5.41, 5.74) is 10.1. The Balaban J connectivity index is 2.17. The molecule has 19 heavy (non-hydrogen) atoms. The molecule has 0 radical (unpaired) electrons. The highest BCUT2D eigenvalue weighted by atomic mass is 16.5. The number of nitrogens with zero attached hydrogens (tertiary/aromatic N) is 1. The lowest BCUT2D eigenvalue weighted by Crippen LogP contribution is -2.08. The van der Waals surface area contributed by atoms with Gasteiger partial charge in [0.2, 0.25) is 0 Å². The lowest BCUT2D eigenvalue weighted by Gasteiger charge is -2.14. The van der Waals surface area contributed by atoms with E-state index in [2.05, 4.69) is 11.1 Å². The Hall–Kier alpha value is -1.87. The normalized spacial score (nSPS) is 12.2. The Kier molecular flexibility index (Phi) is 4.17. The predicted molar refractivity (Wildman–Crippen MR) is 77.1 cm³/mol. The van der Waals surface area contributed by atoms with Crippen LogP contribution in [-0.4, -0.2) is 4.98 Å². The molecule has 1 atom stereocenters. The summed E-state index contributed by atoms with van der Waals surface area (Å²) in [4.78, 5) is 4.43. The minimum atomic E-state index is -0.0407. The number of hydrogen-bond acceptors (Lipinski definition) is 3. The Morgan fingerprint density at radius 2 is 2.00 bits per heavy atom. The van der Waals surface area contributed by atoms with Crippen molar-refractivity contribution in [2.75, 3.05) is 0 Å². The molecule has 1 aromatic heterocycles. The molecule has 2 rings (SSSR count). The first-order valence-electron chi connectivity index (χ1n) is 6.47. The van der Waals surface area contributed by atoms with Crippen molar-refractivity contribution in [3.8, 4) is 5.75 Å². The highest BCUT2D eigenvalue weighted by Crippen LogP contribution is 2.25. The summed E-state index contributed by atoms with van der Waals surface area (Å²) in [6, 6.07) is 12.0. The lowest BCUT2D eigenvalue weighted by atomic mass is 10.1. The van der Waals surface area contributed by atoms with E-state index in [0.29, 0.717) is 6.61 Å². The molecule has 0 aliphatic heterocycles. The molecular weight excluding hydrogens is 236 g/mol. The molecule has 0 fully saturated rings. The monoisotopic (exact) mass is 256 g/mol. The van der Waals surface area contributed by atoms with Gasteiger partial charge in [-0.2, -0.15) is 0 Å². The summed E-state index contributed by atoms with van der Waals surface area (Å²) in [5, 5.41) is 0. The first kappa shape index (κ1) is 13.6. The van der Waals surface area contributed by atoms with Crippen LogP contribution in [0.15, 0.2) is 36.4 Å². The Bertz CT molecular complexity index is 564. The van der Waals surface area contributed by atoms with Crippen molar-refractivity contribution in [2.45, 2.75) is 33.4 Å². The minimum absolute atomic E-state index is 0.0407. The van der Waals surface area contributed by atoms with Gasteiger partial charge >= 0.3 is 0 Å². The van der Waals surface area contributed by atoms with Crippen molar-refractivity contribution in [3.05, 3.63) is 58.9 Å². The molecule has 3 nitrogen and oxygen atoms in total. The van der Waals surface area contributed by atoms with Crippen molar-refractivity contribution in [1.82, 2.24) is 4.98 Å². The number of hydrogen-bond donors (Lipinski definition) is 1. The molecule has 1 aromatic carbocycles. The largest absolute Gasteiger partial charge is 0.487 e. The van der Waals surface area contributed by atoms with Gasteiger partial charge in [-0.15, -0.1) is 0 Å². The third-order valence-electron chi connectivity index (χ3n) is 2.98. The van der Waals surface area contributed by atoms with E-state index in [1.165, 1.54) is 0 Å². The smallest absolute Gasteiger partial charge is 0.130 e. The van der Waals surface area contributed by atoms with Gasteiger partial charge in [-0.1, -0.05) is 18.2 Å². The van der Waals surface area contributed by atoms with Gasteiger partial charge in [0.1, 0.15) is 12.4 Å². The van der Waals surface area contributed by atoms with E-state index >= 15 is 0 Å². The van der Waals surface area contributed by atoms with Gasteiger partial charge in [-0.3, -0.25) is 4.98 Å². The molecule has 0 aliphatic rings. The summed E-state index contributed by atoms with van der Waals surface area (Å²) in [6.45, 7) is 6.44. The molecule has 2 N–H and O–H groups in total. The van der Waals surface area contributed by atoms with Crippen LogP contribution in [0.3, 0.4) is 0 Å². The third-order valence-corrected chi connectivity index (χ3v) is 2.98. The van der Waals surface area contributed by atoms with Gasteiger partial charge < -0.3 is 10.5 Å². The second-order valence-corrected chi connectivity index (χ2v) is 4.89. The summed E-state index contributed by atoms with van der Waals surface area (Å²) >= 11 is 0. The summed E-state index contributed by atoms with van der Waals surface area (Å²) < 4.78 is 5.88. The van der Waals surface area contributed by atoms with E-state index in [1.807, 2.05) is 51.1 Å². The minimum Gasteiger partial charge on any atom is -0.487 e. The number of benzene rings is 1. The van der Waals surface area contributed by atoms with Crippen molar-refractivity contribution in [1.29, 1.82) is 0 Å². The van der Waals surface area contributed by atoms with E-state index in [-0.39, 0.29) is 6.04 Å². The first-order chi connectivity index (χ1) is 9.06. The molecule has 1 heterocycles. The van der Waals surface area contributed by atoms with Gasteiger partial charge in [0, 0.05) is 17.3 Å². The van der Waals surface area contributed by atoms with Crippen LogP contribution in [0.5, 0.6) is 5.75 Å². The topological polar surface area (TPSA) is 48.1 Å². The van der Waals surface area contributed by atoms with Crippen LogP contribution in [0.25, 0.3) is 0 Å². The van der Waals surface area contributed by atoms with E-state index in [1.54, 1.807) is 0 Å². The fourth-order valence-corrected chi connectivity index (χ4v) is 1.97. The third kappa shape index (κ3) is 3.55. The maximum Gasteiger partial charge on any atom is 0.130 e. The number of ether oxygens (including phenoxy) is 1. The standard InChI is InChI=1S/C16H20N2O/c1-11-7-8-15(13(3)17)16(9-11)19-10-14-6-4-5-12(2)18-14/h4-9,13H,10,17H2,1-3H3/t13-/m1/s1. The summed E-state index contributed by atoms with van der Waals surface area (Å²) in [6.07, 6.45) is 0. The zero-order valence-electron chi connectivity index (χ0n) is 11.7. The van der Waals surface area contributed by atoms with Gasteiger partial charge in [0.15, 0.2) is 0 Å². The average Bonchev–Trinajstić information content (AvgIpc) is 2.36. The van der Waals surface area contributed by atoms with E-state index in [9.17, 15) is 0 Å².